The number of rotatable bonds is 4. The summed E-state index contributed by atoms with van der Waals surface area (Å²) in [5.41, 5.74) is 0.751. The molecule has 1 spiro atoms. The average Bonchev–Trinajstić information content (AvgIpc) is 3.10. The van der Waals surface area contributed by atoms with Crippen LogP contribution in [-0.2, 0) is 4.79 Å². The van der Waals surface area contributed by atoms with Crippen LogP contribution in [0.1, 0.15) is 32.1 Å². The first-order valence-corrected chi connectivity index (χ1v) is 11.4. The van der Waals surface area contributed by atoms with Gasteiger partial charge in [-0.2, -0.15) is 0 Å². The summed E-state index contributed by atoms with van der Waals surface area (Å²) in [5, 5.41) is 3.12. The number of methoxy groups -OCH3 is 2. The van der Waals surface area contributed by atoms with Crippen molar-refractivity contribution in [3.05, 3.63) is 18.2 Å². The Hall–Kier alpha value is -1.01. The van der Waals surface area contributed by atoms with Crippen LogP contribution in [0.4, 0.5) is 5.69 Å². The molecule has 1 unspecified atom stereocenters. The number of nitrogens with one attached hydrogen (secondary N) is 1. The van der Waals surface area contributed by atoms with Crippen molar-refractivity contribution in [2.24, 2.45) is 17.8 Å². The number of ether oxygens (including phenoxy) is 2. The minimum atomic E-state index is 0.120. The first-order chi connectivity index (χ1) is 12.6. The summed E-state index contributed by atoms with van der Waals surface area (Å²) in [7, 11) is 3.25. The molecule has 1 N–H and O–H groups in total. The van der Waals surface area contributed by atoms with E-state index in [1.807, 2.05) is 18.2 Å². The predicted octanol–water partition coefficient (Wildman–Crippen LogP) is 4.64. The van der Waals surface area contributed by atoms with Gasteiger partial charge in [0.2, 0.25) is 5.91 Å². The lowest BCUT2D eigenvalue weighted by atomic mass is 9.67. The van der Waals surface area contributed by atoms with E-state index in [-0.39, 0.29) is 11.8 Å². The van der Waals surface area contributed by atoms with E-state index in [9.17, 15) is 4.79 Å². The fourth-order valence-corrected chi connectivity index (χ4v) is 8.88. The molecule has 4 rings (SSSR count). The molecule has 3 fully saturated rings. The zero-order valence-electron chi connectivity index (χ0n) is 15.5. The number of hydrogen-bond acceptors (Lipinski definition) is 5. The van der Waals surface area contributed by atoms with E-state index in [1.165, 1.54) is 30.8 Å². The third-order valence-electron chi connectivity index (χ3n) is 6.11. The molecule has 0 radical (unpaired) electrons. The van der Waals surface area contributed by atoms with Crippen molar-refractivity contribution in [1.82, 2.24) is 0 Å². The Balaban J connectivity index is 1.48. The van der Waals surface area contributed by atoms with Gasteiger partial charge in [-0.3, -0.25) is 4.79 Å². The number of hydrogen-bond donors (Lipinski definition) is 1. The Bertz CT molecular complexity index is 637. The van der Waals surface area contributed by atoms with Crippen molar-refractivity contribution < 1.29 is 14.3 Å². The van der Waals surface area contributed by atoms with Gasteiger partial charge in [-0.1, -0.05) is 6.42 Å². The summed E-state index contributed by atoms with van der Waals surface area (Å²) in [6.45, 7) is 0. The minimum absolute atomic E-state index is 0.120. The largest absolute Gasteiger partial charge is 0.497 e. The van der Waals surface area contributed by atoms with Crippen molar-refractivity contribution in [2.75, 3.05) is 31.0 Å². The highest BCUT2D eigenvalue weighted by atomic mass is 32.2. The first kappa shape index (κ1) is 18.4. The lowest BCUT2D eigenvalue weighted by Crippen LogP contribution is -2.48. The Morgan fingerprint density at radius 2 is 1.62 bits per heavy atom. The maximum atomic E-state index is 13.0. The Morgan fingerprint density at radius 3 is 2.15 bits per heavy atom. The van der Waals surface area contributed by atoms with Crippen LogP contribution in [0, 0.1) is 17.8 Å². The van der Waals surface area contributed by atoms with Crippen molar-refractivity contribution >= 4 is 35.1 Å². The molecule has 1 aliphatic heterocycles. The quantitative estimate of drug-likeness (QED) is 0.807. The van der Waals surface area contributed by atoms with E-state index in [1.54, 1.807) is 14.2 Å². The van der Waals surface area contributed by atoms with Crippen LogP contribution in [-0.4, -0.2) is 35.7 Å². The van der Waals surface area contributed by atoms with E-state index in [4.69, 9.17) is 9.47 Å². The standard InChI is InChI=1S/C20H27NO3S2/c1-23-17-10-16(11-18(12-17)24-2)21-19(22)13-8-14-4-3-5-15(9-13)20(14)25-6-7-26-20/h10-15H,3-9H2,1-2H3,(H,21,22)/t13?,14-,15+. The molecule has 1 aromatic rings. The van der Waals surface area contributed by atoms with Gasteiger partial charge in [0, 0.05) is 41.3 Å². The first-order valence-electron chi connectivity index (χ1n) is 9.46. The minimum Gasteiger partial charge on any atom is -0.497 e. The molecule has 2 saturated carbocycles. The number of benzene rings is 1. The normalized spacial score (nSPS) is 29.4. The van der Waals surface area contributed by atoms with Gasteiger partial charge >= 0.3 is 0 Å². The van der Waals surface area contributed by atoms with E-state index < -0.39 is 0 Å². The Kier molecular flexibility index (Phi) is 5.33. The fourth-order valence-electron chi connectivity index (χ4n) is 4.95. The van der Waals surface area contributed by atoms with E-state index in [0.29, 0.717) is 27.4 Å². The van der Waals surface area contributed by atoms with Crippen LogP contribution < -0.4 is 14.8 Å². The topological polar surface area (TPSA) is 47.6 Å². The average molecular weight is 394 g/mol. The highest BCUT2D eigenvalue weighted by Crippen LogP contribution is 2.64. The summed E-state index contributed by atoms with van der Waals surface area (Å²) >= 11 is 4.37. The summed E-state index contributed by atoms with van der Waals surface area (Å²) in [5.74, 6) is 5.58. The van der Waals surface area contributed by atoms with E-state index in [2.05, 4.69) is 28.8 Å². The van der Waals surface area contributed by atoms with E-state index in [0.717, 1.165) is 18.5 Å². The molecule has 1 saturated heterocycles. The summed E-state index contributed by atoms with van der Waals surface area (Å²) < 4.78 is 11.0. The van der Waals surface area contributed by atoms with Crippen LogP contribution in [0.5, 0.6) is 11.5 Å². The maximum Gasteiger partial charge on any atom is 0.227 e. The summed E-state index contributed by atoms with van der Waals surface area (Å²) in [4.78, 5) is 13.0. The van der Waals surface area contributed by atoms with Crippen molar-refractivity contribution in [3.8, 4) is 11.5 Å². The molecule has 3 atom stereocenters. The van der Waals surface area contributed by atoms with Gasteiger partial charge in [0.05, 0.1) is 18.3 Å². The maximum absolute atomic E-state index is 13.0. The molecule has 142 valence electrons. The second kappa shape index (κ2) is 7.55. The molecule has 4 nitrogen and oxygen atoms in total. The van der Waals surface area contributed by atoms with Crippen molar-refractivity contribution in [2.45, 2.75) is 36.2 Å². The zero-order valence-corrected chi connectivity index (χ0v) is 17.1. The van der Waals surface area contributed by atoms with Gasteiger partial charge in [0.15, 0.2) is 0 Å². The van der Waals surface area contributed by atoms with Crippen molar-refractivity contribution in [1.29, 1.82) is 0 Å². The second-order valence-electron chi connectivity index (χ2n) is 7.50. The molecule has 2 bridgehead atoms. The van der Waals surface area contributed by atoms with Gasteiger partial charge < -0.3 is 14.8 Å². The predicted molar refractivity (Wildman–Crippen MR) is 109 cm³/mol. The van der Waals surface area contributed by atoms with Gasteiger partial charge in [0.25, 0.3) is 0 Å². The molecule has 1 heterocycles. The molecule has 1 aromatic carbocycles. The molecule has 3 aliphatic rings. The molecule has 6 heteroatoms. The molecule has 26 heavy (non-hydrogen) atoms. The highest BCUT2D eigenvalue weighted by Gasteiger charge is 2.55. The highest BCUT2D eigenvalue weighted by molar-refractivity contribution is 8.21. The number of carbonyl (C=O) groups excluding carboxylic acids is 1. The third kappa shape index (κ3) is 3.31. The molecular formula is C20H27NO3S2. The van der Waals surface area contributed by atoms with Gasteiger partial charge in [-0.25, -0.2) is 0 Å². The van der Waals surface area contributed by atoms with Crippen LogP contribution in [0.25, 0.3) is 0 Å². The number of anilines is 1. The summed E-state index contributed by atoms with van der Waals surface area (Å²) in [6, 6.07) is 5.53. The van der Waals surface area contributed by atoms with E-state index >= 15 is 0 Å². The smallest absolute Gasteiger partial charge is 0.227 e. The van der Waals surface area contributed by atoms with Crippen molar-refractivity contribution in [3.63, 3.8) is 0 Å². The third-order valence-corrected chi connectivity index (χ3v) is 10.1. The lowest BCUT2D eigenvalue weighted by Gasteiger charge is -2.52. The number of carbonyl (C=O) groups is 1. The summed E-state index contributed by atoms with van der Waals surface area (Å²) in [6.07, 6.45) is 5.97. The Morgan fingerprint density at radius 1 is 1.04 bits per heavy atom. The van der Waals surface area contributed by atoms with Gasteiger partial charge in [-0.15, -0.1) is 23.5 Å². The molecule has 2 aliphatic carbocycles. The van der Waals surface area contributed by atoms with Crippen LogP contribution >= 0.6 is 23.5 Å². The van der Waals surface area contributed by atoms with Crippen LogP contribution in [0.2, 0.25) is 0 Å². The zero-order chi connectivity index (χ0) is 18.1. The van der Waals surface area contributed by atoms with Gasteiger partial charge in [-0.05, 0) is 37.5 Å². The number of amides is 1. The second-order valence-corrected chi connectivity index (χ2v) is 10.5. The molecular weight excluding hydrogens is 366 g/mol. The van der Waals surface area contributed by atoms with Gasteiger partial charge in [0.1, 0.15) is 11.5 Å². The lowest BCUT2D eigenvalue weighted by molar-refractivity contribution is -0.122. The SMILES string of the molecule is COc1cc(NC(=O)C2C[C@H]3CCC[C@@H](C2)C32SCCS2)cc(OC)c1. The fraction of sp³-hybridized carbons (Fsp3) is 0.650. The van der Waals surface area contributed by atoms with Crippen LogP contribution in [0.15, 0.2) is 18.2 Å². The number of thioether (sulfide) groups is 2. The van der Waals surface area contributed by atoms with Crippen LogP contribution in [0.3, 0.4) is 0 Å². The molecule has 0 aromatic heterocycles. The Labute approximate surface area is 164 Å². The monoisotopic (exact) mass is 393 g/mol. The molecule has 1 amide bonds.